The molecule has 5 nitrogen and oxygen atoms in total. The molecule has 1 saturated carbocycles. The number of hydrogen-bond donors (Lipinski definition) is 1. The normalized spacial score (nSPS) is 18.5. The minimum Gasteiger partial charge on any atom is -0.368 e. The number of hydrogen-bond acceptors (Lipinski definition) is 3. The molecule has 1 aliphatic rings. The summed E-state index contributed by atoms with van der Waals surface area (Å²) in [6.07, 6.45) is 4.03. The Morgan fingerprint density at radius 3 is 2.38 bits per heavy atom. The molecule has 0 spiro atoms. The van der Waals surface area contributed by atoms with Crippen LogP contribution in [0.3, 0.4) is 0 Å². The summed E-state index contributed by atoms with van der Waals surface area (Å²) in [7, 11) is 1.51. The predicted molar refractivity (Wildman–Crippen MR) is 58.0 cm³/mol. The number of likely N-dealkylation sites (N-methyl/N-ethyl adjacent to an activating group) is 1. The smallest absolute Gasteiger partial charge is 0.243 e. The van der Waals surface area contributed by atoms with Crippen LogP contribution in [0.15, 0.2) is 0 Å². The highest BCUT2D eigenvalue weighted by molar-refractivity contribution is 5.89. The van der Waals surface area contributed by atoms with Crippen molar-refractivity contribution in [1.82, 2.24) is 4.90 Å². The van der Waals surface area contributed by atoms with Crippen LogP contribution in [0, 0.1) is 16.7 Å². The van der Waals surface area contributed by atoms with E-state index in [0.717, 1.165) is 19.3 Å². The van der Waals surface area contributed by atoms with E-state index < -0.39 is 11.3 Å². The van der Waals surface area contributed by atoms with Gasteiger partial charge in [-0.25, -0.2) is 0 Å². The highest BCUT2D eigenvalue weighted by Crippen LogP contribution is 2.37. The molecule has 0 heterocycles. The van der Waals surface area contributed by atoms with Crippen LogP contribution in [0.5, 0.6) is 0 Å². The van der Waals surface area contributed by atoms with E-state index in [0.29, 0.717) is 12.8 Å². The average Bonchev–Trinajstić information content (AvgIpc) is 2.28. The molecule has 2 N–H and O–H groups in total. The third-order valence-corrected chi connectivity index (χ3v) is 3.07. The third kappa shape index (κ3) is 2.51. The molecular weight excluding hydrogens is 206 g/mol. The zero-order chi connectivity index (χ0) is 12.2. The Hall–Kier alpha value is -1.57. The maximum Gasteiger partial charge on any atom is 0.243 e. The van der Waals surface area contributed by atoms with E-state index >= 15 is 0 Å². The topological polar surface area (TPSA) is 87.2 Å². The number of nitrogens with zero attached hydrogens (tertiary/aromatic N) is 2. The first-order chi connectivity index (χ1) is 7.52. The molecule has 0 radical (unpaired) electrons. The van der Waals surface area contributed by atoms with E-state index in [1.54, 1.807) is 0 Å². The summed E-state index contributed by atoms with van der Waals surface area (Å²) < 4.78 is 0. The van der Waals surface area contributed by atoms with Gasteiger partial charge in [0.2, 0.25) is 11.8 Å². The molecule has 0 aromatic rings. The van der Waals surface area contributed by atoms with Gasteiger partial charge < -0.3 is 10.6 Å². The molecule has 2 amide bonds. The maximum absolute atomic E-state index is 12.1. The number of primary amides is 1. The van der Waals surface area contributed by atoms with Crippen LogP contribution in [0.25, 0.3) is 0 Å². The lowest BCUT2D eigenvalue weighted by molar-refractivity contribution is -0.141. The molecule has 1 rings (SSSR count). The number of carbonyl (C=O) groups is 2. The number of amides is 2. The van der Waals surface area contributed by atoms with E-state index in [-0.39, 0.29) is 12.5 Å². The Kier molecular flexibility index (Phi) is 3.88. The fourth-order valence-electron chi connectivity index (χ4n) is 2.20. The molecule has 0 bridgehead atoms. The van der Waals surface area contributed by atoms with Gasteiger partial charge in [0.1, 0.15) is 5.41 Å². The molecule has 0 atom stereocenters. The third-order valence-electron chi connectivity index (χ3n) is 3.07. The first-order valence-corrected chi connectivity index (χ1v) is 5.47. The Morgan fingerprint density at radius 2 is 1.94 bits per heavy atom. The standard InChI is InChI=1S/C11H17N3O2/c1-14(7-9(13)15)10(16)11(8-12)5-3-2-4-6-11/h2-7H2,1H3,(H2,13,15). The van der Waals surface area contributed by atoms with Gasteiger partial charge in [0.25, 0.3) is 0 Å². The lowest BCUT2D eigenvalue weighted by atomic mass is 9.74. The van der Waals surface area contributed by atoms with Gasteiger partial charge >= 0.3 is 0 Å². The van der Waals surface area contributed by atoms with Crippen molar-refractivity contribution in [3.8, 4) is 6.07 Å². The summed E-state index contributed by atoms with van der Waals surface area (Å²) in [6, 6.07) is 2.13. The van der Waals surface area contributed by atoms with Gasteiger partial charge in [-0.1, -0.05) is 19.3 Å². The predicted octanol–water partition coefficient (Wildman–Crippen LogP) is 0.404. The lowest BCUT2D eigenvalue weighted by Crippen LogP contribution is -2.45. The van der Waals surface area contributed by atoms with Crippen molar-refractivity contribution < 1.29 is 9.59 Å². The van der Waals surface area contributed by atoms with Crippen molar-refractivity contribution in [2.24, 2.45) is 11.1 Å². The molecule has 0 aromatic carbocycles. The van der Waals surface area contributed by atoms with Crippen LogP contribution in [0.1, 0.15) is 32.1 Å². The second-order valence-electron chi connectivity index (χ2n) is 4.38. The highest BCUT2D eigenvalue weighted by Gasteiger charge is 2.41. The minimum absolute atomic E-state index is 0.123. The summed E-state index contributed by atoms with van der Waals surface area (Å²) >= 11 is 0. The fraction of sp³-hybridized carbons (Fsp3) is 0.727. The van der Waals surface area contributed by atoms with Gasteiger partial charge in [0.05, 0.1) is 12.6 Å². The molecular formula is C11H17N3O2. The number of nitriles is 1. The molecule has 1 fully saturated rings. The van der Waals surface area contributed by atoms with Gasteiger partial charge in [0.15, 0.2) is 0 Å². The van der Waals surface area contributed by atoms with Crippen LogP contribution in [-0.4, -0.2) is 30.3 Å². The summed E-state index contributed by atoms with van der Waals surface area (Å²) in [4.78, 5) is 24.1. The molecule has 88 valence electrons. The van der Waals surface area contributed by atoms with Crippen LogP contribution < -0.4 is 5.73 Å². The molecule has 1 aliphatic carbocycles. The second-order valence-corrected chi connectivity index (χ2v) is 4.38. The molecule has 16 heavy (non-hydrogen) atoms. The van der Waals surface area contributed by atoms with Gasteiger partial charge in [-0.3, -0.25) is 9.59 Å². The summed E-state index contributed by atoms with van der Waals surface area (Å²) in [6.45, 7) is -0.123. The first-order valence-electron chi connectivity index (χ1n) is 5.47. The molecule has 0 unspecified atom stereocenters. The van der Waals surface area contributed by atoms with Crippen molar-refractivity contribution in [3.05, 3.63) is 0 Å². The maximum atomic E-state index is 12.1. The Balaban J connectivity index is 2.76. The van der Waals surface area contributed by atoms with Crippen LogP contribution >= 0.6 is 0 Å². The van der Waals surface area contributed by atoms with Gasteiger partial charge in [-0.05, 0) is 12.8 Å². The van der Waals surface area contributed by atoms with Crippen LogP contribution in [0.2, 0.25) is 0 Å². The Morgan fingerprint density at radius 1 is 1.38 bits per heavy atom. The average molecular weight is 223 g/mol. The zero-order valence-electron chi connectivity index (χ0n) is 9.53. The van der Waals surface area contributed by atoms with Gasteiger partial charge in [-0.15, -0.1) is 0 Å². The van der Waals surface area contributed by atoms with E-state index in [9.17, 15) is 14.9 Å². The largest absolute Gasteiger partial charge is 0.368 e. The molecule has 0 aromatic heterocycles. The first kappa shape index (κ1) is 12.5. The number of carbonyl (C=O) groups excluding carboxylic acids is 2. The monoisotopic (exact) mass is 223 g/mol. The SMILES string of the molecule is CN(CC(N)=O)C(=O)C1(C#N)CCCCC1. The Labute approximate surface area is 95.2 Å². The van der Waals surface area contributed by atoms with E-state index in [4.69, 9.17) is 5.73 Å². The van der Waals surface area contributed by atoms with Crippen LogP contribution in [-0.2, 0) is 9.59 Å². The van der Waals surface area contributed by atoms with Gasteiger partial charge in [0, 0.05) is 7.05 Å². The number of nitrogens with two attached hydrogens (primary N) is 1. The summed E-state index contributed by atoms with van der Waals surface area (Å²) in [5.74, 6) is -0.826. The number of rotatable bonds is 3. The van der Waals surface area contributed by atoms with E-state index in [1.165, 1.54) is 11.9 Å². The lowest BCUT2D eigenvalue weighted by Gasteiger charge is -2.32. The van der Waals surface area contributed by atoms with Crippen molar-refractivity contribution in [2.45, 2.75) is 32.1 Å². The minimum atomic E-state index is -0.928. The zero-order valence-corrected chi connectivity index (χ0v) is 9.53. The summed E-state index contributed by atoms with van der Waals surface area (Å²) in [5.41, 5.74) is 4.10. The molecule has 0 saturated heterocycles. The van der Waals surface area contributed by atoms with Gasteiger partial charge in [-0.2, -0.15) is 5.26 Å². The van der Waals surface area contributed by atoms with Crippen molar-refractivity contribution in [3.63, 3.8) is 0 Å². The highest BCUT2D eigenvalue weighted by atomic mass is 16.2. The Bertz CT molecular complexity index is 327. The fourth-order valence-corrected chi connectivity index (χ4v) is 2.20. The van der Waals surface area contributed by atoms with Crippen molar-refractivity contribution in [1.29, 1.82) is 5.26 Å². The van der Waals surface area contributed by atoms with Crippen molar-refractivity contribution in [2.75, 3.05) is 13.6 Å². The second kappa shape index (κ2) is 4.97. The summed E-state index contributed by atoms with van der Waals surface area (Å²) in [5, 5.41) is 9.18. The molecule has 0 aliphatic heterocycles. The van der Waals surface area contributed by atoms with E-state index in [1.807, 2.05) is 0 Å². The van der Waals surface area contributed by atoms with Crippen LogP contribution in [0.4, 0.5) is 0 Å². The molecule has 5 heteroatoms. The van der Waals surface area contributed by atoms with E-state index in [2.05, 4.69) is 6.07 Å². The quantitative estimate of drug-likeness (QED) is 0.751. The van der Waals surface area contributed by atoms with Crippen molar-refractivity contribution >= 4 is 11.8 Å².